The highest BCUT2D eigenvalue weighted by Crippen LogP contribution is 2.33. The molecule has 3 aromatic rings. The second-order valence-corrected chi connectivity index (χ2v) is 9.19. The van der Waals surface area contributed by atoms with Crippen molar-refractivity contribution in [1.29, 1.82) is 0 Å². The van der Waals surface area contributed by atoms with Crippen LogP contribution in [0.4, 0.5) is 11.5 Å². The van der Waals surface area contributed by atoms with Crippen LogP contribution in [-0.4, -0.2) is 57.1 Å². The molecule has 0 spiro atoms. The molecule has 3 aromatic heterocycles. The first-order valence-electron chi connectivity index (χ1n) is 11.4. The minimum absolute atomic E-state index is 0.455. The smallest absolute Gasteiger partial charge is 0.180 e. The van der Waals surface area contributed by atoms with E-state index in [0.29, 0.717) is 12.0 Å². The van der Waals surface area contributed by atoms with Crippen molar-refractivity contribution < 1.29 is 4.74 Å². The molecular weight excluding hydrogens is 390 g/mol. The van der Waals surface area contributed by atoms with Crippen LogP contribution in [0.3, 0.4) is 0 Å². The second kappa shape index (κ2) is 7.44. The molecule has 0 radical (unpaired) electrons. The maximum absolute atomic E-state index is 6.00. The Kier molecular flexibility index (Phi) is 4.56. The highest BCUT2D eigenvalue weighted by atomic mass is 16.5. The van der Waals surface area contributed by atoms with Gasteiger partial charge in [0, 0.05) is 61.9 Å². The number of nitrogens with zero attached hydrogens (tertiary/aromatic N) is 7. The van der Waals surface area contributed by atoms with Crippen molar-refractivity contribution in [2.24, 2.45) is 5.92 Å². The molecule has 31 heavy (non-hydrogen) atoms. The summed E-state index contributed by atoms with van der Waals surface area (Å²) < 4.78 is 7.79. The summed E-state index contributed by atoms with van der Waals surface area (Å²) in [7, 11) is 0. The Hall–Kier alpha value is -2.74. The summed E-state index contributed by atoms with van der Waals surface area (Å²) >= 11 is 0. The van der Waals surface area contributed by atoms with Gasteiger partial charge in [-0.25, -0.2) is 0 Å². The lowest BCUT2D eigenvalue weighted by molar-refractivity contribution is -0.0357. The number of pyridine rings is 1. The normalized spacial score (nSPS) is 23.7. The monoisotopic (exact) mass is 419 g/mol. The lowest BCUT2D eigenvalue weighted by Crippen LogP contribution is -2.46. The van der Waals surface area contributed by atoms with Crippen LogP contribution in [0.1, 0.15) is 41.6 Å². The topological polar surface area (TPSA) is 71.7 Å². The Labute approximate surface area is 182 Å². The molecule has 2 fully saturated rings. The third-order valence-electron chi connectivity index (χ3n) is 7.37. The Bertz CT molecular complexity index is 1130. The first-order chi connectivity index (χ1) is 15.2. The zero-order valence-electron chi connectivity index (χ0n) is 18.3. The van der Waals surface area contributed by atoms with Gasteiger partial charge in [0.15, 0.2) is 11.5 Å². The largest absolute Gasteiger partial charge is 0.378 e. The first kappa shape index (κ1) is 19.0. The van der Waals surface area contributed by atoms with Gasteiger partial charge < -0.3 is 14.5 Å². The standard InChI is InChI=1S/C23H29N7O/c1-15-16(2)23(27-30-14-25-26-22(15)30)29-7-5-20-18(13-29)10-19(11-24-20)28-8-6-21-17(12-28)4-3-9-31-21/h10-11,14,17,21H,3-9,12-13H2,1-2H3. The molecule has 2 atom stereocenters. The number of hydrogen-bond acceptors (Lipinski definition) is 7. The molecule has 2 unspecified atom stereocenters. The summed E-state index contributed by atoms with van der Waals surface area (Å²) in [4.78, 5) is 9.75. The molecule has 2 saturated heterocycles. The minimum atomic E-state index is 0.455. The molecule has 6 rings (SSSR count). The van der Waals surface area contributed by atoms with E-state index in [9.17, 15) is 0 Å². The number of aromatic nitrogens is 5. The third-order valence-corrected chi connectivity index (χ3v) is 7.37. The molecule has 8 nitrogen and oxygen atoms in total. The Morgan fingerprint density at radius 3 is 2.97 bits per heavy atom. The van der Waals surface area contributed by atoms with Gasteiger partial charge in [0.1, 0.15) is 6.33 Å². The van der Waals surface area contributed by atoms with Crippen molar-refractivity contribution in [3.8, 4) is 0 Å². The zero-order chi connectivity index (χ0) is 20.9. The van der Waals surface area contributed by atoms with Crippen molar-refractivity contribution in [3.63, 3.8) is 0 Å². The SMILES string of the molecule is Cc1c(N2CCc3ncc(N4CCC5OCCCC5C4)cc3C2)nn2cnnc2c1C. The van der Waals surface area contributed by atoms with Crippen molar-refractivity contribution in [3.05, 3.63) is 41.0 Å². The van der Waals surface area contributed by atoms with E-state index < -0.39 is 0 Å². The molecule has 0 N–H and O–H groups in total. The maximum atomic E-state index is 6.00. The lowest BCUT2D eigenvalue weighted by atomic mass is 9.88. The highest BCUT2D eigenvalue weighted by Gasteiger charge is 2.32. The maximum Gasteiger partial charge on any atom is 0.180 e. The van der Waals surface area contributed by atoms with E-state index in [1.807, 2.05) is 0 Å². The van der Waals surface area contributed by atoms with Crippen molar-refractivity contribution in [2.45, 2.75) is 52.2 Å². The van der Waals surface area contributed by atoms with Crippen LogP contribution in [0, 0.1) is 19.8 Å². The Morgan fingerprint density at radius 1 is 1.10 bits per heavy atom. The van der Waals surface area contributed by atoms with Gasteiger partial charge in [-0.3, -0.25) is 4.98 Å². The number of rotatable bonds is 2. The average molecular weight is 420 g/mol. The molecule has 0 saturated carbocycles. The van der Waals surface area contributed by atoms with Gasteiger partial charge in [-0.05, 0) is 44.7 Å². The third kappa shape index (κ3) is 3.24. The number of aryl methyl sites for hydroxylation is 1. The van der Waals surface area contributed by atoms with Crippen LogP contribution in [0.2, 0.25) is 0 Å². The second-order valence-electron chi connectivity index (χ2n) is 9.19. The quantitative estimate of drug-likeness (QED) is 0.632. The van der Waals surface area contributed by atoms with Crippen LogP contribution in [0.15, 0.2) is 18.6 Å². The van der Waals surface area contributed by atoms with Gasteiger partial charge >= 0.3 is 0 Å². The summed E-state index contributed by atoms with van der Waals surface area (Å²) in [6, 6.07) is 2.36. The number of hydrogen-bond donors (Lipinski definition) is 0. The van der Waals surface area contributed by atoms with E-state index in [0.717, 1.165) is 62.7 Å². The number of piperidine rings is 1. The van der Waals surface area contributed by atoms with E-state index in [1.165, 1.54) is 35.3 Å². The zero-order valence-corrected chi connectivity index (χ0v) is 18.3. The van der Waals surface area contributed by atoms with Crippen molar-refractivity contribution in [1.82, 2.24) is 24.8 Å². The van der Waals surface area contributed by atoms with E-state index in [2.05, 4.69) is 46.1 Å². The molecule has 3 aliphatic heterocycles. The van der Waals surface area contributed by atoms with Crippen LogP contribution in [0.25, 0.3) is 5.65 Å². The molecule has 0 bridgehead atoms. The van der Waals surface area contributed by atoms with Crippen LogP contribution < -0.4 is 9.80 Å². The van der Waals surface area contributed by atoms with Gasteiger partial charge in [0.05, 0.1) is 18.0 Å². The van der Waals surface area contributed by atoms with Crippen LogP contribution in [-0.2, 0) is 17.7 Å². The molecule has 6 heterocycles. The van der Waals surface area contributed by atoms with Gasteiger partial charge in [-0.2, -0.15) is 4.52 Å². The molecule has 0 aromatic carbocycles. The number of ether oxygens (including phenoxy) is 1. The fourth-order valence-corrected chi connectivity index (χ4v) is 5.45. The highest BCUT2D eigenvalue weighted by molar-refractivity contribution is 5.60. The van der Waals surface area contributed by atoms with Gasteiger partial charge in [-0.15, -0.1) is 15.3 Å². The molecule has 0 amide bonds. The molecule has 3 aliphatic rings. The summed E-state index contributed by atoms with van der Waals surface area (Å²) in [5.74, 6) is 1.67. The number of fused-ring (bicyclic) bond motifs is 3. The minimum Gasteiger partial charge on any atom is -0.378 e. The van der Waals surface area contributed by atoms with Gasteiger partial charge in [-0.1, -0.05) is 0 Å². The summed E-state index contributed by atoms with van der Waals surface area (Å²) in [5.41, 5.74) is 6.92. The fourth-order valence-electron chi connectivity index (χ4n) is 5.45. The Balaban J connectivity index is 1.27. The van der Waals surface area contributed by atoms with E-state index in [-0.39, 0.29) is 0 Å². The summed E-state index contributed by atoms with van der Waals surface area (Å²) in [5, 5.41) is 13.0. The summed E-state index contributed by atoms with van der Waals surface area (Å²) in [6.45, 7) is 9.05. The van der Waals surface area contributed by atoms with Gasteiger partial charge in [0.2, 0.25) is 0 Å². The van der Waals surface area contributed by atoms with Gasteiger partial charge in [0.25, 0.3) is 0 Å². The lowest BCUT2D eigenvalue weighted by Gasteiger charge is -2.42. The van der Waals surface area contributed by atoms with E-state index >= 15 is 0 Å². The molecule has 162 valence electrons. The van der Waals surface area contributed by atoms with Crippen molar-refractivity contribution >= 4 is 17.2 Å². The van der Waals surface area contributed by atoms with E-state index in [1.54, 1.807) is 10.8 Å². The summed E-state index contributed by atoms with van der Waals surface area (Å²) in [6.07, 6.45) is 8.74. The fraction of sp³-hybridized carbons (Fsp3) is 0.565. The molecule has 0 aliphatic carbocycles. The van der Waals surface area contributed by atoms with Crippen LogP contribution in [0.5, 0.6) is 0 Å². The molecular formula is C23H29N7O. The predicted molar refractivity (Wildman–Crippen MR) is 119 cm³/mol. The van der Waals surface area contributed by atoms with Crippen LogP contribution >= 0.6 is 0 Å². The van der Waals surface area contributed by atoms with E-state index in [4.69, 9.17) is 14.8 Å². The number of anilines is 2. The molecule has 8 heteroatoms. The average Bonchev–Trinajstić information content (AvgIpc) is 3.29. The first-order valence-corrected chi connectivity index (χ1v) is 11.4. The van der Waals surface area contributed by atoms with Crippen molar-refractivity contribution in [2.75, 3.05) is 36.0 Å². The predicted octanol–water partition coefficient (Wildman–Crippen LogP) is 2.70. The Morgan fingerprint density at radius 2 is 2.03 bits per heavy atom.